The van der Waals surface area contributed by atoms with Gasteiger partial charge in [-0.2, -0.15) is 0 Å². The summed E-state index contributed by atoms with van der Waals surface area (Å²) in [6, 6.07) is 13.2. The largest absolute Gasteiger partial charge is 0.350 e. The highest BCUT2D eigenvalue weighted by atomic mass is 32.2. The molecule has 0 saturated carbocycles. The van der Waals surface area contributed by atoms with Gasteiger partial charge in [0.25, 0.3) is 5.91 Å². The van der Waals surface area contributed by atoms with Crippen molar-refractivity contribution in [3.63, 3.8) is 0 Å². The van der Waals surface area contributed by atoms with E-state index >= 15 is 0 Å². The molecule has 0 aliphatic rings. The Bertz CT molecular complexity index is 899. The quantitative estimate of drug-likeness (QED) is 0.666. The zero-order chi connectivity index (χ0) is 20.7. The Morgan fingerprint density at radius 3 is 2.39 bits per heavy atom. The zero-order valence-electron chi connectivity index (χ0n) is 16.3. The van der Waals surface area contributed by atoms with Crippen LogP contribution in [0.1, 0.15) is 27.5 Å². The molecule has 28 heavy (non-hydrogen) atoms. The molecular formula is C20H26FN3O3S. The molecule has 6 nitrogen and oxygen atoms in total. The van der Waals surface area contributed by atoms with Gasteiger partial charge in [0.15, 0.2) is 0 Å². The first-order valence-corrected chi connectivity index (χ1v) is 10.8. The van der Waals surface area contributed by atoms with Gasteiger partial charge in [0.05, 0.1) is 12.3 Å². The number of likely N-dealkylation sites (N-methyl/N-ethyl adjacent to an activating group) is 1. The molecule has 0 fully saturated rings. The van der Waals surface area contributed by atoms with Crippen LogP contribution in [0.25, 0.3) is 0 Å². The van der Waals surface area contributed by atoms with Crippen LogP contribution in [0, 0.1) is 5.82 Å². The SMILES string of the molecule is CN(C)C(CNC(=O)c1ccc(CCNS(C)(=O)=O)cc1)c1cccc(F)c1. The summed E-state index contributed by atoms with van der Waals surface area (Å²) in [7, 11) is 0.546. The number of sulfonamides is 1. The van der Waals surface area contributed by atoms with Gasteiger partial charge in [0, 0.05) is 18.7 Å². The summed E-state index contributed by atoms with van der Waals surface area (Å²) in [5, 5.41) is 2.89. The predicted octanol–water partition coefficient (Wildman–Crippen LogP) is 1.95. The van der Waals surface area contributed by atoms with Crippen LogP contribution >= 0.6 is 0 Å². The first-order valence-electron chi connectivity index (χ1n) is 8.89. The summed E-state index contributed by atoms with van der Waals surface area (Å²) in [4.78, 5) is 14.4. The van der Waals surface area contributed by atoms with Crippen LogP contribution in [0.5, 0.6) is 0 Å². The Labute approximate surface area is 165 Å². The maximum absolute atomic E-state index is 13.5. The maximum Gasteiger partial charge on any atom is 0.251 e. The second kappa shape index (κ2) is 9.77. The van der Waals surface area contributed by atoms with Crippen molar-refractivity contribution >= 4 is 15.9 Å². The van der Waals surface area contributed by atoms with Crippen molar-refractivity contribution in [2.45, 2.75) is 12.5 Å². The van der Waals surface area contributed by atoms with Crippen LogP contribution in [-0.4, -0.2) is 52.7 Å². The highest BCUT2D eigenvalue weighted by Crippen LogP contribution is 2.18. The van der Waals surface area contributed by atoms with E-state index in [2.05, 4.69) is 10.0 Å². The number of nitrogens with one attached hydrogen (secondary N) is 2. The third kappa shape index (κ3) is 7.03. The van der Waals surface area contributed by atoms with E-state index < -0.39 is 10.0 Å². The predicted molar refractivity (Wildman–Crippen MR) is 108 cm³/mol. The monoisotopic (exact) mass is 407 g/mol. The second-order valence-electron chi connectivity index (χ2n) is 6.86. The molecule has 0 bridgehead atoms. The van der Waals surface area contributed by atoms with Crippen LogP contribution in [0.2, 0.25) is 0 Å². The number of hydrogen-bond donors (Lipinski definition) is 2. The standard InChI is InChI=1S/C20H26FN3O3S/c1-24(2)19(17-5-4-6-18(21)13-17)14-22-20(25)16-9-7-15(8-10-16)11-12-23-28(3,26)27/h4-10,13,19,23H,11-12,14H2,1-3H3,(H,22,25). The summed E-state index contributed by atoms with van der Waals surface area (Å²) in [6.45, 7) is 0.651. The first kappa shape index (κ1) is 22.0. The van der Waals surface area contributed by atoms with Crippen molar-refractivity contribution in [3.8, 4) is 0 Å². The van der Waals surface area contributed by atoms with Crippen molar-refractivity contribution in [3.05, 3.63) is 71.0 Å². The molecule has 2 rings (SSSR count). The molecule has 1 atom stereocenters. The average Bonchev–Trinajstić information content (AvgIpc) is 2.61. The molecule has 8 heteroatoms. The number of carbonyl (C=O) groups excluding carboxylic acids is 1. The zero-order valence-corrected chi connectivity index (χ0v) is 17.1. The lowest BCUT2D eigenvalue weighted by Crippen LogP contribution is -2.34. The normalized spacial score (nSPS) is 12.8. The number of benzene rings is 2. The number of nitrogens with zero attached hydrogens (tertiary/aromatic N) is 1. The van der Waals surface area contributed by atoms with Crippen molar-refractivity contribution in [2.75, 3.05) is 33.4 Å². The first-order chi connectivity index (χ1) is 13.2. The summed E-state index contributed by atoms with van der Waals surface area (Å²) in [6.07, 6.45) is 1.66. The molecule has 0 spiro atoms. The molecule has 1 unspecified atom stereocenters. The Hall–Kier alpha value is -2.29. The van der Waals surface area contributed by atoms with Crippen LogP contribution in [0.4, 0.5) is 4.39 Å². The van der Waals surface area contributed by atoms with E-state index in [0.717, 1.165) is 17.4 Å². The van der Waals surface area contributed by atoms with Crippen molar-refractivity contribution in [1.29, 1.82) is 0 Å². The van der Waals surface area contributed by atoms with Crippen molar-refractivity contribution < 1.29 is 17.6 Å². The van der Waals surface area contributed by atoms with E-state index in [1.165, 1.54) is 12.1 Å². The fraction of sp³-hybridized carbons (Fsp3) is 0.350. The molecule has 0 heterocycles. The minimum absolute atomic E-state index is 0.152. The van der Waals surface area contributed by atoms with Gasteiger partial charge in [-0.05, 0) is 55.9 Å². The Kier molecular flexibility index (Phi) is 7.68. The van der Waals surface area contributed by atoms with Gasteiger partial charge < -0.3 is 10.2 Å². The lowest BCUT2D eigenvalue weighted by atomic mass is 10.1. The molecule has 0 aromatic heterocycles. The van der Waals surface area contributed by atoms with E-state index in [1.54, 1.807) is 30.3 Å². The summed E-state index contributed by atoms with van der Waals surface area (Å²) >= 11 is 0. The topological polar surface area (TPSA) is 78.5 Å². The highest BCUT2D eigenvalue weighted by molar-refractivity contribution is 7.88. The highest BCUT2D eigenvalue weighted by Gasteiger charge is 2.16. The van der Waals surface area contributed by atoms with Crippen LogP contribution in [0.15, 0.2) is 48.5 Å². The van der Waals surface area contributed by atoms with Gasteiger partial charge in [0.2, 0.25) is 10.0 Å². The van der Waals surface area contributed by atoms with Gasteiger partial charge in [-0.1, -0.05) is 24.3 Å². The Morgan fingerprint density at radius 2 is 1.82 bits per heavy atom. The van der Waals surface area contributed by atoms with Gasteiger partial charge in [0.1, 0.15) is 5.82 Å². The number of rotatable bonds is 9. The molecular weight excluding hydrogens is 381 g/mol. The molecule has 1 amide bonds. The maximum atomic E-state index is 13.5. The number of hydrogen-bond acceptors (Lipinski definition) is 4. The molecule has 2 aromatic rings. The van der Waals surface area contributed by atoms with E-state index in [4.69, 9.17) is 0 Å². The van der Waals surface area contributed by atoms with Crippen LogP contribution < -0.4 is 10.0 Å². The molecule has 152 valence electrons. The fourth-order valence-corrected chi connectivity index (χ4v) is 3.28. The number of halogens is 1. The van der Waals surface area contributed by atoms with Gasteiger partial charge in [-0.15, -0.1) is 0 Å². The molecule has 0 radical (unpaired) electrons. The summed E-state index contributed by atoms with van der Waals surface area (Å²) in [5.41, 5.74) is 2.23. The van der Waals surface area contributed by atoms with Crippen LogP contribution in [0.3, 0.4) is 0 Å². The summed E-state index contributed by atoms with van der Waals surface area (Å²) in [5.74, 6) is -0.527. The molecule has 0 aliphatic heterocycles. The van der Waals surface area contributed by atoms with Gasteiger partial charge in [-0.25, -0.2) is 17.5 Å². The number of carbonyl (C=O) groups is 1. The number of amides is 1. The van der Waals surface area contributed by atoms with Crippen molar-refractivity contribution in [1.82, 2.24) is 14.9 Å². The van der Waals surface area contributed by atoms with E-state index in [-0.39, 0.29) is 17.8 Å². The van der Waals surface area contributed by atoms with Gasteiger partial charge >= 0.3 is 0 Å². The van der Waals surface area contributed by atoms with E-state index in [9.17, 15) is 17.6 Å². The van der Waals surface area contributed by atoms with Gasteiger partial charge in [-0.3, -0.25) is 4.79 Å². The Morgan fingerprint density at radius 1 is 1.14 bits per heavy atom. The fourth-order valence-electron chi connectivity index (χ4n) is 2.81. The molecule has 0 aliphatic carbocycles. The average molecular weight is 408 g/mol. The van der Waals surface area contributed by atoms with E-state index in [1.807, 2.05) is 25.1 Å². The molecule has 2 N–H and O–H groups in total. The smallest absolute Gasteiger partial charge is 0.251 e. The lowest BCUT2D eigenvalue weighted by molar-refractivity contribution is 0.0942. The minimum Gasteiger partial charge on any atom is -0.350 e. The lowest BCUT2D eigenvalue weighted by Gasteiger charge is -2.25. The summed E-state index contributed by atoms with van der Waals surface area (Å²) < 4.78 is 38.1. The van der Waals surface area contributed by atoms with Crippen LogP contribution in [-0.2, 0) is 16.4 Å². The minimum atomic E-state index is -3.21. The molecule has 2 aromatic carbocycles. The van der Waals surface area contributed by atoms with E-state index in [0.29, 0.717) is 25.1 Å². The van der Waals surface area contributed by atoms with Crippen molar-refractivity contribution in [2.24, 2.45) is 0 Å². The third-order valence-corrected chi connectivity index (χ3v) is 5.04. The molecule has 0 saturated heterocycles. The second-order valence-corrected chi connectivity index (χ2v) is 8.69. The Balaban J connectivity index is 1.94. The third-order valence-electron chi connectivity index (χ3n) is 4.31.